The summed E-state index contributed by atoms with van der Waals surface area (Å²) in [6, 6.07) is -0.541. The van der Waals surface area contributed by atoms with Gasteiger partial charge in [0.05, 0.1) is 7.11 Å². The number of rotatable bonds is 7. The number of methoxy groups -OCH3 is 1. The molecular formula is C12H22N2O4. The fourth-order valence-electron chi connectivity index (χ4n) is 1.41. The highest BCUT2D eigenvalue weighted by atomic mass is 16.5. The number of carbonyl (C=O) groups is 3. The lowest BCUT2D eigenvalue weighted by molar-refractivity contribution is -0.140. The maximum atomic E-state index is 11.8. The van der Waals surface area contributed by atoms with E-state index in [9.17, 15) is 14.4 Å². The van der Waals surface area contributed by atoms with Gasteiger partial charge in [0.25, 0.3) is 0 Å². The molecular weight excluding hydrogens is 236 g/mol. The molecule has 18 heavy (non-hydrogen) atoms. The van der Waals surface area contributed by atoms with Gasteiger partial charge in [-0.1, -0.05) is 13.8 Å². The fourth-order valence-corrected chi connectivity index (χ4v) is 1.41. The van der Waals surface area contributed by atoms with E-state index in [1.54, 1.807) is 0 Å². The third-order valence-electron chi connectivity index (χ3n) is 2.39. The Bertz CT molecular complexity index is 302. The van der Waals surface area contributed by atoms with Gasteiger partial charge in [-0.15, -0.1) is 0 Å². The van der Waals surface area contributed by atoms with Gasteiger partial charge in [-0.25, -0.2) is 0 Å². The molecule has 0 aliphatic rings. The zero-order chi connectivity index (χ0) is 14.1. The lowest BCUT2D eigenvalue weighted by Gasteiger charge is -2.20. The minimum atomic E-state index is -0.541. The molecule has 6 nitrogen and oxygen atoms in total. The number of carbonyl (C=O) groups excluding carboxylic acids is 3. The summed E-state index contributed by atoms with van der Waals surface area (Å²) in [4.78, 5) is 33.6. The zero-order valence-electron chi connectivity index (χ0n) is 11.4. The van der Waals surface area contributed by atoms with Crippen LogP contribution in [0.5, 0.6) is 0 Å². The first-order chi connectivity index (χ1) is 8.38. The van der Waals surface area contributed by atoms with Crippen molar-refractivity contribution in [3.8, 4) is 0 Å². The number of hydrogen-bond acceptors (Lipinski definition) is 4. The Morgan fingerprint density at radius 3 is 2.28 bits per heavy atom. The quantitative estimate of drug-likeness (QED) is 0.505. The monoisotopic (exact) mass is 258 g/mol. The average Bonchev–Trinajstić information content (AvgIpc) is 2.30. The topological polar surface area (TPSA) is 84.5 Å². The van der Waals surface area contributed by atoms with Crippen LogP contribution in [0.1, 0.15) is 33.6 Å². The van der Waals surface area contributed by atoms with Crippen molar-refractivity contribution in [2.24, 2.45) is 5.92 Å². The molecule has 0 saturated heterocycles. The SMILES string of the molecule is COC(=O)CCCNC(=O)C(NC(C)=O)C(C)C. The van der Waals surface area contributed by atoms with Crippen LogP contribution in [-0.2, 0) is 19.1 Å². The van der Waals surface area contributed by atoms with E-state index < -0.39 is 6.04 Å². The summed E-state index contributed by atoms with van der Waals surface area (Å²) in [5.41, 5.74) is 0. The van der Waals surface area contributed by atoms with Gasteiger partial charge in [0, 0.05) is 19.9 Å². The van der Waals surface area contributed by atoms with Crippen molar-refractivity contribution in [1.82, 2.24) is 10.6 Å². The molecule has 0 aromatic heterocycles. The smallest absolute Gasteiger partial charge is 0.305 e. The Morgan fingerprint density at radius 2 is 1.83 bits per heavy atom. The molecule has 104 valence electrons. The van der Waals surface area contributed by atoms with Gasteiger partial charge in [-0.3, -0.25) is 14.4 Å². The van der Waals surface area contributed by atoms with Crippen LogP contribution in [-0.4, -0.2) is 37.5 Å². The molecule has 0 heterocycles. The zero-order valence-corrected chi connectivity index (χ0v) is 11.4. The van der Waals surface area contributed by atoms with Crippen LogP contribution in [0.3, 0.4) is 0 Å². The molecule has 0 aromatic carbocycles. The molecule has 0 bridgehead atoms. The molecule has 1 unspecified atom stereocenters. The van der Waals surface area contributed by atoms with Gasteiger partial charge in [0.1, 0.15) is 6.04 Å². The van der Waals surface area contributed by atoms with E-state index in [-0.39, 0.29) is 30.1 Å². The van der Waals surface area contributed by atoms with Gasteiger partial charge < -0.3 is 15.4 Å². The summed E-state index contributed by atoms with van der Waals surface area (Å²) in [5, 5.41) is 5.28. The van der Waals surface area contributed by atoms with E-state index in [0.717, 1.165) is 0 Å². The van der Waals surface area contributed by atoms with Gasteiger partial charge in [-0.05, 0) is 12.3 Å². The number of hydrogen-bond donors (Lipinski definition) is 2. The van der Waals surface area contributed by atoms with Crippen LogP contribution in [0.15, 0.2) is 0 Å². The second-order valence-electron chi connectivity index (χ2n) is 4.39. The van der Waals surface area contributed by atoms with Gasteiger partial charge in [0.2, 0.25) is 11.8 Å². The van der Waals surface area contributed by atoms with E-state index in [1.165, 1.54) is 14.0 Å². The highest BCUT2D eigenvalue weighted by Crippen LogP contribution is 2.02. The van der Waals surface area contributed by atoms with Crippen molar-refractivity contribution in [2.45, 2.75) is 39.7 Å². The molecule has 2 N–H and O–H groups in total. The third kappa shape index (κ3) is 6.88. The molecule has 0 fully saturated rings. The van der Waals surface area contributed by atoms with Crippen LogP contribution in [0.25, 0.3) is 0 Å². The van der Waals surface area contributed by atoms with Crippen LogP contribution < -0.4 is 10.6 Å². The Kier molecular flexibility index (Phi) is 7.74. The van der Waals surface area contributed by atoms with E-state index in [4.69, 9.17) is 0 Å². The Hall–Kier alpha value is -1.59. The maximum Gasteiger partial charge on any atom is 0.305 e. The first-order valence-electron chi connectivity index (χ1n) is 6.00. The average molecular weight is 258 g/mol. The molecule has 0 rings (SSSR count). The highest BCUT2D eigenvalue weighted by molar-refractivity contribution is 5.87. The number of ether oxygens (including phenoxy) is 1. The third-order valence-corrected chi connectivity index (χ3v) is 2.39. The number of amides is 2. The molecule has 0 aliphatic carbocycles. The van der Waals surface area contributed by atoms with Crippen molar-refractivity contribution in [1.29, 1.82) is 0 Å². The molecule has 2 amide bonds. The van der Waals surface area contributed by atoms with E-state index >= 15 is 0 Å². The minimum absolute atomic E-state index is 0.00880. The van der Waals surface area contributed by atoms with E-state index in [0.29, 0.717) is 13.0 Å². The van der Waals surface area contributed by atoms with Gasteiger partial charge >= 0.3 is 5.97 Å². The molecule has 0 aromatic rings. The predicted molar refractivity (Wildman–Crippen MR) is 66.7 cm³/mol. The molecule has 0 saturated carbocycles. The van der Waals surface area contributed by atoms with Crippen molar-refractivity contribution < 1.29 is 19.1 Å². The highest BCUT2D eigenvalue weighted by Gasteiger charge is 2.22. The lowest BCUT2D eigenvalue weighted by Crippen LogP contribution is -2.49. The molecule has 6 heteroatoms. The van der Waals surface area contributed by atoms with E-state index in [2.05, 4.69) is 15.4 Å². The summed E-state index contributed by atoms with van der Waals surface area (Å²) in [5.74, 6) is -0.760. The predicted octanol–water partition coefficient (Wildman–Crippen LogP) is 0.217. The summed E-state index contributed by atoms with van der Waals surface area (Å²) in [6.07, 6.45) is 0.784. The van der Waals surface area contributed by atoms with E-state index in [1.807, 2.05) is 13.8 Å². The number of esters is 1. The Morgan fingerprint density at radius 1 is 1.22 bits per heavy atom. The summed E-state index contributed by atoms with van der Waals surface area (Å²) >= 11 is 0. The van der Waals surface area contributed by atoms with Gasteiger partial charge in [0.15, 0.2) is 0 Å². The number of nitrogens with one attached hydrogen (secondary N) is 2. The second kappa shape index (κ2) is 8.49. The second-order valence-corrected chi connectivity index (χ2v) is 4.39. The fraction of sp³-hybridized carbons (Fsp3) is 0.750. The lowest BCUT2D eigenvalue weighted by atomic mass is 10.0. The van der Waals surface area contributed by atoms with Crippen molar-refractivity contribution in [3.05, 3.63) is 0 Å². The standard InChI is InChI=1S/C12H22N2O4/c1-8(2)11(14-9(3)15)12(17)13-7-5-6-10(16)18-4/h8,11H,5-7H2,1-4H3,(H,13,17)(H,14,15). The first-order valence-corrected chi connectivity index (χ1v) is 6.00. The van der Waals surface area contributed by atoms with Crippen LogP contribution >= 0.6 is 0 Å². The Balaban J connectivity index is 4.03. The molecule has 1 atom stereocenters. The first kappa shape index (κ1) is 16.4. The minimum Gasteiger partial charge on any atom is -0.469 e. The van der Waals surface area contributed by atoms with Crippen LogP contribution in [0.2, 0.25) is 0 Å². The van der Waals surface area contributed by atoms with Gasteiger partial charge in [-0.2, -0.15) is 0 Å². The summed E-state index contributed by atoms with van der Waals surface area (Å²) < 4.78 is 4.49. The maximum absolute atomic E-state index is 11.8. The van der Waals surface area contributed by atoms with Crippen LogP contribution in [0.4, 0.5) is 0 Å². The normalized spacial score (nSPS) is 11.8. The molecule has 0 aliphatic heterocycles. The summed E-state index contributed by atoms with van der Waals surface area (Å²) in [7, 11) is 1.33. The largest absolute Gasteiger partial charge is 0.469 e. The van der Waals surface area contributed by atoms with Crippen molar-refractivity contribution in [3.63, 3.8) is 0 Å². The van der Waals surface area contributed by atoms with Crippen molar-refractivity contribution >= 4 is 17.8 Å². The molecule has 0 spiro atoms. The van der Waals surface area contributed by atoms with Crippen molar-refractivity contribution in [2.75, 3.05) is 13.7 Å². The summed E-state index contributed by atoms with van der Waals surface area (Å²) in [6.45, 7) is 5.47. The Labute approximate surface area is 107 Å². The van der Waals surface area contributed by atoms with Crippen LogP contribution in [0, 0.1) is 5.92 Å². The molecule has 0 radical (unpaired) electrons.